The van der Waals surface area contributed by atoms with E-state index in [2.05, 4.69) is 25.5 Å². The number of nitrogens with zero attached hydrogens (tertiary/aromatic N) is 4. The third-order valence-electron chi connectivity index (χ3n) is 5.07. The number of hydrogen-bond donors (Lipinski definition) is 1. The summed E-state index contributed by atoms with van der Waals surface area (Å²) in [6.45, 7) is 7.93. The monoisotopic (exact) mass is 359 g/mol. The Balaban J connectivity index is 1.35. The van der Waals surface area contributed by atoms with Gasteiger partial charge in [-0.15, -0.1) is 11.3 Å². The molecule has 2 saturated heterocycles. The summed E-state index contributed by atoms with van der Waals surface area (Å²) >= 11 is 1.69. The highest BCUT2D eigenvalue weighted by Crippen LogP contribution is 2.32. The van der Waals surface area contributed by atoms with E-state index in [1.54, 1.807) is 17.4 Å². The number of carbonyl (C=O) groups excluding carboxylic acids is 2. The molecule has 0 saturated carbocycles. The van der Waals surface area contributed by atoms with Gasteiger partial charge in [-0.25, -0.2) is 4.98 Å². The van der Waals surface area contributed by atoms with Crippen molar-refractivity contribution in [2.24, 2.45) is 11.8 Å². The van der Waals surface area contributed by atoms with E-state index in [-0.39, 0.29) is 11.7 Å². The average molecular weight is 359 g/mol. The van der Waals surface area contributed by atoms with Gasteiger partial charge < -0.3 is 4.90 Å². The van der Waals surface area contributed by atoms with Gasteiger partial charge in [0.05, 0.1) is 10.7 Å². The Bertz CT molecular complexity index is 800. The lowest BCUT2D eigenvalue weighted by atomic mass is 10.0. The van der Waals surface area contributed by atoms with Gasteiger partial charge in [0.25, 0.3) is 5.91 Å². The van der Waals surface area contributed by atoms with Crippen LogP contribution < -0.4 is 0 Å². The van der Waals surface area contributed by atoms with Crippen LogP contribution in [0.2, 0.25) is 0 Å². The standard InChI is InChI=1S/C17H21N5O2S/c1-10(23)15-3-16(20-19-15)17(24)22-6-12-4-21(5-13(12)7-22)8-14-9-25-11(2)18-14/h3,9,12-13H,4-8H2,1-2H3,(H,19,20)/t12-,13-/m1/s1. The van der Waals surface area contributed by atoms with Crippen LogP contribution >= 0.6 is 11.3 Å². The molecule has 0 radical (unpaired) electrons. The van der Waals surface area contributed by atoms with Gasteiger partial charge in [0.1, 0.15) is 11.4 Å². The number of ketones is 1. The number of fused-ring (bicyclic) bond motifs is 1. The lowest BCUT2D eigenvalue weighted by Crippen LogP contribution is -2.33. The smallest absolute Gasteiger partial charge is 0.271 e. The summed E-state index contributed by atoms with van der Waals surface area (Å²) in [6, 6.07) is 1.55. The molecule has 2 fully saturated rings. The number of likely N-dealkylation sites (tertiary alicyclic amines) is 2. The number of H-pyrrole nitrogens is 1. The highest BCUT2D eigenvalue weighted by Gasteiger charge is 2.42. The normalized spacial score (nSPS) is 23.2. The Hall–Kier alpha value is -2.06. The number of aryl methyl sites for hydroxylation is 1. The van der Waals surface area contributed by atoms with Gasteiger partial charge in [-0.2, -0.15) is 5.10 Å². The molecule has 7 nitrogen and oxygen atoms in total. The van der Waals surface area contributed by atoms with Crippen LogP contribution in [0.15, 0.2) is 11.4 Å². The van der Waals surface area contributed by atoms with E-state index in [1.807, 2.05) is 11.8 Å². The molecular formula is C17H21N5O2S. The Morgan fingerprint density at radius 2 is 2.00 bits per heavy atom. The maximum Gasteiger partial charge on any atom is 0.271 e. The fraction of sp³-hybridized carbons (Fsp3) is 0.529. The molecule has 2 aliphatic heterocycles. The highest BCUT2D eigenvalue weighted by molar-refractivity contribution is 7.09. The van der Waals surface area contributed by atoms with E-state index < -0.39 is 0 Å². The van der Waals surface area contributed by atoms with Gasteiger partial charge in [-0.1, -0.05) is 0 Å². The minimum atomic E-state index is -0.137. The first kappa shape index (κ1) is 16.4. The molecule has 4 heterocycles. The lowest BCUT2D eigenvalue weighted by Gasteiger charge is -2.20. The number of thiazole rings is 1. The van der Waals surface area contributed by atoms with Crippen molar-refractivity contribution < 1.29 is 9.59 Å². The van der Waals surface area contributed by atoms with E-state index in [9.17, 15) is 9.59 Å². The molecule has 0 aromatic carbocycles. The number of Topliss-reactive ketones (excluding diaryl/α,β-unsaturated/α-hetero) is 1. The van der Waals surface area contributed by atoms with Crippen LogP contribution in [0, 0.1) is 18.8 Å². The lowest BCUT2D eigenvalue weighted by molar-refractivity contribution is 0.0767. The number of carbonyl (C=O) groups is 2. The van der Waals surface area contributed by atoms with Crippen LogP contribution in [-0.2, 0) is 6.54 Å². The summed E-state index contributed by atoms with van der Waals surface area (Å²) in [7, 11) is 0. The van der Waals surface area contributed by atoms with Crippen LogP contribution in [-0.4, -0.2) is 62.9 Å². The molecule has 2 aromatic rings. The summed E-state index contributed by atoms with van der Waals surface area (Å²) in [5, 5.41) is 9.83. The van der Waals surface area contributed by atoms with Crippen LogP contribution in [0.1, 0.15) is 38.6 Å². The first-order valence-corrected chi connectivity index (χ1v) is 9.36. The van der Waals surface area contributed by atoms with Crippen molar-refractivity contribution in [2.75, 3.05) is 26.2 Å². The van der Waals surface area contributed by atoms with Gasteiger partial charge >= 0.3 is 0 Å². The number of hydrogen-bond acceptors (Lipinski definition) is 6. The van der Waals surface area contributed by atoms with Crippen molar-refractivity contribution in [3.8, 4) is 0 Å². The van der Waals surface area contributed by atoms with E-state index in [0.717, 1.165) is 43.4 Å². The predicted molar refractivity (Wildman–Crippen MR) is 93.6 cm³/mol. The summed E-state index contributed by atoms with van der Waals surface area (Å²) in [4.78, 5) is 32.8. The van der Waals surface area contributed by atoms with E-state index in [1.165, 1.54) is 6.92 Å². The molecule has 2 aromatic heterocycles. The molecule has 2 aliphatic rings. The molecule has 4 rings (SSSR count). The summed E-state index contributed by atoms with van der Waals surface area (Å²) in [5.41, 5.74) is 1.86. The third kappa shape index (κ3) is 3.23. The molecule has 0 aliphatic carbocycles. The first-order chi connectivity index (χ1) is 12.0. The average Bonchev–Trinajstić information content (AvgIpc) is 3.29. The van der Waals surface area contributed by atoms with Gasteiger partial charge in [0.15, 0.2) is 5.78 Å². The van der Waals surface area contributed by atoms with E-state index >= 15 is 0 Å². The number of aromatic nitrogens is 3. The molecule has 25 heavy (non-hydrogen) atoms. The summed E-state index contributed by atoms with van der Waals surface area (Å²) in [6.07, 6.45) is 0. The first-order valence-electron chi connectivity index (χ1n) is 8.48. The SMILES string of the molecule is CC(=O)c1cc(C(=O)N2C[C@H]3CN(Cc4csc(C)n4)C[C@@H]3C2)[nH]n1. The Kier molecular flexibility index (Phi) is 4.16. The Labute approximate surface area is 150 Å². The fourth-order valence-electron chi connectivity index (χ4n) is 3.88. The van der Waals surface area contributed by atoms with Crippen LogP contribution in [0.4, 0.5) is 0 Å². The zero-order chi connectivity index (χ0) is 17.6. The largest absolute Gasteiger partial charge is 0.337 e. The second-order valence-corrected chi connectivity index (χ2v) is 8.07. The van der Waals surface area contributed by atoms with Crippen LogP contribution in [0.3, 0.4) is 0 Å². The van der Waals surface area contributed by atoms with Gasteiger partial charge in [-0.05, 0) is 24.8 Å². The van der Waals surface area contributed by atoms with Gasteiger partial charge in [-0.3, -0.25) is 19.6 Å². The second kappa shape index (κ2) is 6.34. The molecule has 0 spiro atoms. The molecule has 8 heteroatoms. The maximum atomic E-state index is 12.6. The van der Waals surface area contributed by atoms with E-state index in [4.69, 9.17) is 0 Å². The number of nitrogens with one attached hydrogen (secondary N) is 1. The Morgan fingerprint density at radius 3 is 2.56 bits per heavy atom. The predicted octanol–water partition coefficient (Wildman–Crippen LogP) is 1.58. The molecule has 1 N–H and O–H groups in total. The number of amides is 1. The van der Waals surface area contributed by atoms with Crippen LogP contribution in [0.25, 0.3) is 0 Å². The third-order valence-corrected chi connectivity index (χ3v) is 5.89. The second-order valence-electron chi connectivity index (χ2n) is 7.01. The van der Waals surface area contributed by atoms with E-state index in [0.29, 0.717) is 23.2 Å². The quantitative estimate of drug-likeness (QED) is 0.838. The van der Waals surface area contributed by atoms with Gasteiger partial charge in [0, 0.05) is 45.0 Å². The minimum absolute atomic E-state index is 0.0592. The summed E-state index contributed by atoms with van der Waals surface area (Å²) < 4.78 is 0. The molecule has 2 atom stereocenters. The zero-order valence-electron chi connectivity index (χ0n) is 14.4. The van der Waals surface area contributed by atoms with Crippen molar-refractivity contribution in [3.05, 3.63) is 33.5 Å². The molecule has 1 amide bonds. The van der Waals surface area contributed by atoms with Crippen molar-refractivity contribution in [3.63, 3.8) is 0 Å². The molecule has 0 bridgehead atoms. The molecular weight excluding hydrogens is 338 g/mol. The Morgan fingerprint density at radius 1 is 1.28 bits per heavy atom. The van der Waals surface area contributed by atoms with Crippen molar-refractivity contribution in [1.82, 2.24) is 25.0 Å². The van der Waals surface area contributed by atoms with Crippen molar-refractivity contribution in [1.29, 1.82) is 0 Å². The topological polar surface area (TPSA) is 82.2 Å². The molecule has 132 valence electrons. The summed E-state index contributed by atoms with van der Waals surface area (Å²) in [5.74, 6) is 0.829. The number of aromatic amines is 1. The fourth-order valence-corrected chi connectivity index (χ4v) is 4.48. The van der Waals surface area contributed by atoms with Gasteiger partial charge in [0.2, 0.25) is 0 Å². The zero-order valence-corrected chi connectivity index (χ0v) is 15.2. The van der Waals surface area contributed by atoms with Crippen LogP contribution in [0.5, 0.6) is 0 Å². The highest BCUT2D eigenvalue weighted by atomic mass is 32.1. The van der Waals surface area contributed by atoms with Crippen molar-refractivity contribution in [2.45, 2.75) is 20.4 Å². The maximum absolute atomic E-state index is 12.6. The molecule has 0 unspecified atom stereocenters. The van der Waals surface area contributed by atoms with Crippen molar-refractivity contribution >= 4 is 23.0 Å². The minimum Gasteiger partial charge on any atom is -0.337 e. The number of rotatable bonds is 4.